The molecule has 3 aromatic carbocycles. The predicted octanol–water partition coefficient (Wildman–Crippen LogP) is 5.10. The van der Waals surface area contributed by atoms with Crippen LogP contribution in [-0.2, 0) is 0 Å². The van der Waals surface area contributed by atoms with Gasteiger partial charge in [-0.2, -0.15) is 10.2 Å². The highest BCUT2D eigenvalue weighted by molar-refractivity contribution is 5.95. The van der Waals surface area contributed by atoms with Gasteiger partial charge in [0.15, 0.2) is 0 Å². The fourth-order valence-electron chi connectivity index (χ4n) is 3.32. The Bertz CT molecular complexity index is 1250. The van der Waals surface area contributed by atoms with Gasteiger partial charge < -0.3 is 9.47 Å². The van der Waals surface area contributed by atoms with Crippen LogP contribution in [0.2, 0.25) is 0 Å². The van der Waals surface area contributed by atoms with Gasteiger partial charge in [-0.15, -0.1) is 0 Å². The van der Waals surface area contributed by atoms with Crippen LogP contribution in [0.25, 0.3) is 16.9 Å². The average molecular weight is 455 g/mol. The minimum atomic E-state index is -0.312. The minimum absolute atomic E-state index is 0.312. The number of aromatic nitrogens is 2. The van der Waals surface area contributed by atoms with Gasteiger partial charge in [-0.25, -0.2) is 10.1 Å². The van der Waals surface area contributed by atoms with E-state index >= 15 is 0 Å². The normalized spacial score (nSPS) is 10.9. The SMILES string of the molecule is CCCOc1ccc(-c2nn(-c3ccccc3)cc2C=NNC(=O)c2ccc(OC)cc2)cc1. The number of carbonyl (C=O) groups is 1. The van der Waals surface area contributed by atoms with Gasteiger partial charge in [0.25, 0.3) is 5.91 Å². The quantitative estimate of drug-likeness (QED) is 0.282. The number of ether oxygens (including phenoxy) is 2. The topological polar surface area (TPSA) is 77.7 Å². The summed E-state index contributed by atoms with van der Waals surface area (Å²) >= 11 is 0. The lowest BCUT2D eigenvalue weighted by Gasteiger charge is -2.05. The molecule has 4 rings (SSSR count). The van der Waals surface area contributed by atoms with E-state index < -0.39 is 0 Å². The van der Waals surface area contributed by atoms with Crippen molar-refractivity contribution >= 4 is 12.1 Å². The molecule has 7 heteroatoms. The van der Waals surface area contributed by atoms with Crippen LogP contribution >= 0.6 is 0 Å². The van der Waals surface area contributed by atoms with Crippen molar-refractivity contribution in [2.75, 3.05) is 13.7 Å². The molecule has 172 valence electrons. The molecule has 1 amide bonds. The third-order valence-electron chi connectivity index (χ3n) is 5.09. The van der Waals surface area contributed by atoms with Crippen molar-refractivity contribution < 1.29 is 14.3 Å². The third-order valence-corrected chi connectivity index (χ3v) is 5.09. The summed E-state index contributed by atoms with van der Waals surface area (Å²) in [7, 11) is 1.58. The predicted molar refractivity (Wildman–Crippen MR) is 133 cm³/mol. The number of nitrogens with one attached hydrogen (secondary N) is 1. The van der Waals surface area contributed by atoms with Crippen molar-refractivity contribution in [1.29, 1.82) is 0 Å². The Hall–Kier alpha value is -4.39. The molecule has 0 saturated heterocycles. The van der Waals surface area contributed by atoms with Gasteiger partial charge in [0, 0.05) is 22.9 Å². The Morgan fingerprint density at radius 3 is 2.38 bits per heavy atom. The molecule has 0 atom stereocenters. The van der Waals surface area contributed by atoms with Crippen molar-refractivity contribution in [3.63, 3.8) is 0 Å². The van der Waals surface area contributed by atoms with E-state index in [1.807, 2.05) is 60.8 Å². The molecular formula is C27H26N4O3. The first kappa shape index (κ1) is 22.8. The monoisotopic (exact) mass is 454 g/mol. The molecule has 4 aromatic rings. The zero-order chi connectivity index (χ0) is 23.8. The molecule has 0 unspecified atom stereocenters. The molecule has 0 aliphatic rings. The van der Waals surface area contributed by atoms with Crippen LogP contribution in [0.1, 0.15) is 29.3 Å². The Kier molecular flexibility index (Phi) is 7.35. The summed E-state index contributed by atoms with van der Waals surface area (Å²) in [6.07, 6.45) is 4.44. The summed E-state index contributed by atoms with van der Waals surface area (Å²) < 4.78 is 12.6. The van der Waals surface area contributed by atoms with E-state index in [-0.39, 0.29) is 5.91 Å². The highest BCUT2D eigenvalue weighted by atomic mass is 16.5. The van der Waals surface area contributed by atoms with E-state index in [4.69, 9.17) is 14.6 Å². The van der Waals surface area contributed by atoms with Crippen molar-refractivity contribution in [3.05, 3.63) is 96.2 Å². The van der Waals surface area contributed by atoms with Crippen LogP contribution in [0.3, 0.4) is 0 Å². The average Bonchev–Trinajstić information content (AvgIpc) is 3.32. The van der Waals surface area contributed by atoms with Crippen molar-refractivity contribution in [1.82, 2.24) is 15.2 Å². The Morgan fingerprint density at radius 2 is 1.71 bits per heavy atom. The minimum Gasteiger partial charge on any atom is -0.497 e. The van der Waals surface area contributed by atoms with E-state index in [2.05, 4.69) is 17.5 Å². The number of rotatable bonds is 9. The van der Waals surface area contributed by atoms with Crippen molar-refractivity contribution in [2.24, 2.45) is 5.10 Å². The molecule has 1 aromatic heterocycles. The molecular weight excluding hydrogens is 428 g/mol. The molecule has 0 aliphatic carbocycles. The summed E-state index contributed by atoms with van der Waals surface area (Å²) in [4.78, 5) is 12.4. The van der Waals surface area contributed by atoms with Gasteiger partial charge in [0.2, 0.25) is 0 Å². The van der Waals surface area contributed by atoms with Crippen molar-refractivity contribution in [2.45, 2.75) is 13.3 Å². The first-order chi connectivity index (χ1) is 16.7. The van der Waals surface area contributed by atoms with Gasteiger partial charge in [0.1, 0.15) is 17.2 Å². The lowest BCUT2D eigenvalue weighted by molar-refractivity contribution is 0.0955. The molecule has 0 fully saturated rings. The first-order valence-electron chi connectivity index (χ1n) is 11.0. The fourth-order valence-corrected chi connectivity index (χ4v) is 3.32. The lowest BCUT2D eigenvalue weighted by atomic mass is 10.1. The van der Waals surface area contributed by atoms with Gasteiger partial charge >= 0.3 is 0 Å². The molecule has 0 bridgehead atoms. The van der Waals surface area contributed by atoms with E-state index in [0.717, 1.165) is 34.7 Å². The Labute approximate surface area is 198 Å². The number of hydrogen-bond acceptors (Lipinski definition) is 5. The van der Waals surface area contributed by atoms with E-state index in [1.54, 1.807) is 42.3 Å². The summed E-state index contributed by atoms with van der Waals surface area (Å²) in [5.41, 5.74) is 6.42. The second kappa shape index (κ2) is 11.0. The van der Waals surface area contributed by atoms with Crippen LogP contribution < -0.4 is 14.9 Å². The standard InChI is InChI=1S/C27H26N4O3/c1-3-17-34-25-15-9-20(10-16-25)26-22(19-31(30-26)23-7-5-4-6-8-23)18-28-29-27(32)21-11-13-24(33-2)14-12-21/h4-16,18-19H,3,17H2,1-2H3,(H,29,32). The Balaban J connectivity index is 1.58. The summed E-state index contributed by atoms with van der Waals surface area (Å²) in [6.45, 7) is 2.75. The van der Waals surface area contributed by atoms with Gasteiger partial charge in [0.05, 0.1) is 25.6 Å². The highest BCUT2D eigenvalue weighted by Gasteiger charge is 2.12. The number of amides is 1. The molecule has 7 nitrogen and oxygen atoms in total. The zero-order valence-corrected chi connectivity index (χ0v) is 19.1. The van der Waals surface area contributed by atoms with Crippen LogP contribution in [0.15, 0.2) is 90.2 Å². The molecule has 0 aliphatic heterocycles. The second-order valence-electron chi connectivity index (χ2n) is 7.51. The van der Waals surface area contributed by atoms with Crippen LogP contribution in [0.5, 0.6) is 11.5 Å². The number of para-hydroxylation sites is 1. The third kappa shape index (κ3) is 5.50. The van der Waals surface area contributed by atoms with E-state index in [9.17, 15) is 4.79 Å². The van der Waals surface area contributed by atoms with E-state index in [1.165, 1.54) is 0 Å². The molecule has 1 heterocycles. The molecule has 1 N–H and O–H groups in total. The number of hydrazone groups is 1. The number of hydrogen-bond donors (Lipinski definition) is 1. The highest BCUT2D eigenvalue weighted by Crippen LogP contribution is 2.25. The number of carbonyl (C=O) groups excluding carboxylic acids is 1. The lowest BCUT2D eigenvalue weighted by Crippen LogP contribution is -2.17. The van der Waals surface area contributed by atoms with Gasteiger partial charge in [-0.1, -0.05) is 25.1 Å². The summed E-state index contributed by atoms with van der Waals surface area (Å²) in [6, 6.07) is 24.5. The second-order valence-corrected chi connectivity index (χ2v) is 7.51. The Morgan fingerprint density at radius 1 is 1.00 bits per heavy atom. The maximum absolute atomic E-state index is 12.4. The maximum atomic E-state index is 12.4. The largest absolute Gasteiger partial charge is 0.497 e. The molecule has 0 radical (unpaired) electrons. The number of nitrogens with zero attached hydrogens (tertiary/aromatic N) is 3. The van der Waals surface area contributed by atoms with Crippen LogP contribution in [0.4, 0.5) is 0 Å². The van der Waals surface area contributed by atoms with Crippen LogP contribution in [-0.4, -0.2) is 35.6 Å². The van der Waals surface area contributed by atoms with Gasteiger partial charge in [-0.3, -0.25) is 4.79 Å². The van der Waals surface area contributed by atoms with Crippen molar-refractivity contribution in [3.8, 4) is 28.4 Å². The first-order valence-corrected chi connectivity index (χ1v) is 11.0. The van der Waals surface area contributed by atoms with Gasteiger partial charge in [-0.05, 0) is 67.1 Å². The molecule has 0 spiro atoms. The van der Waals surface area contributed by atoms with E-state index in [0.29, 0.717) is 17.9 Å². The fraction of sp³-hybridized carbons (Fsp3) is 0.148. The summed E-state index contributed by atoms with van der Waals surface area (Å²) in [5.74, 6) is 1.19. The smallest absolute Gasteiger partial charge is 0.271 e. The zero-order valence-electron chi connectivity index (χ0n) is 19.1. The maximum Gasteiger partial charge on any atom is 0.271 e. The van der Waals surface area contributed by atoms with Crippen LogP contribution in [0, 0.1) is 0 Å². The number of benzene rings is 3. The summed E-state index contributed by atoms with van der Waals surface area (Å²) in [5, 5.41) is 8.95. The molecule has 34 heavy (non-hydrogen) atoms. The molecule has 0 saturated carbocycles. The number of methoxy groups -OCH3 is 1.